The molecule has 0 bridgehead atoms. The van der Waals surface area contributed by atoms with Gasteiger partial charge in [-0.1, -0.05) is 12.1 Å². The summed E-state index contributed by atoms with van der Waals surface area (Å²) in [7, 11) is 2.06. The molecule has 2 aromatic heterocycles. The molecule has 6 heteroatoms. The molecule has 30 heavy (non-hydrogen) atoms. The number of ether oxygens (including phenoxy) is 1. The van der Waals surface area contributed by atoms with Crippen LogP contribution in [0.25, 0.3) is 11.3 Å². The van der Waals surface area contributed by atoms with E-state index in [0.717, 1.165) is 37.0 Å². The molecule has 3 aromatic rings. The molecule has 152 valence electrons. The smallest absolute Gasteiger partial charge is 0.229 e. The van der Waals surface area contributed by atoms with Gasteiger partial charge in [-0.05, 0) is 61.7 Å². The summed E-state index contributed by atoms with van der Waals surface area (Å²) in [5, 5.41) is 3.51. The Labute approximate surface area is 176 Å². The zero-order valence-electron chi connectivity index (χ0n) is 17.4. The van der Waals surface area contributed by atoms with Gasteiger partial charge in [0.05, 0.1) is 24.3 Å². The van der Waals surface area contributed by atoms with E-state index in [1.165, 1.54) is 35.2 Å². The predicted molar refractivity (Wildman–Crippen MR) is 116 cm³/mol. The van der Waals surface area contributed by atoms with Crippen molar-refractivity contribution in [3.05, 3.63) is 65.6 Å². The van der Waals surface area contributed by atoms with Crippen LogP contribution >= 0.6 is 0 Å². The Morgan fingerprint density at radius 3 is 2.47 bits per heavy atom. The van der Waals surface area contributed by atoms with Crippen molar-refractivity contribution < 1.29 is 4.74 Å². The third-order valence-corrected chi connectivity index (χ3v) is 6.95. The van der Waals surface area contributed by atoms with Gasteiger partial charge in [-0.25, -0.2) is 9.97 Å². The molecule has 6 nitrogen and oxygen atoms in total. The predicted octanol–water partition coefficient (Wildman–Crippen LogP) is 3.48. The van der Waals surface area contributed by atoms with Gasteiger partial charge in [0.25, 0.3) is 0 Å². The van der Waals surface area contributed by atoms with E-state index in [9.17, 15) is 0 Å². The van der Waals surface area contributed by atoms with Gasteiger partial charge in [-0.2, -0.15) is 0 Å². The summed E-state index contributed by atoms with van der Waals surface area (Å²) in [6, 6.07) is 11.0. The monoisotopic (exact) mass is 399 g/mol. The highest BCUT2D eigenvalue weighted by Crippen LogP contribution is 2.51. The van der Waals surface area contributed by atoms with Crippen molar-refractivity contribution in [1.29, 1.82) is 0 Å². The lowest BCUT2D eigenvalue weighted by Gasteiger charge is -2.38. The quantitative estimate of drug-likeness (QED) is 0.725. The number of nitrogens with zero attached hydrogens (tertiary/aromatic N) is 4. The molecule has 4 heterocycles. The van der Waals surface area contributed by atoms with Crippen LogP contribution in [-0.4, -0.2) is 41.8 Å². The summed E-state index contributed by atoms with van der Waals surface area (Å²) in [4.78, 5) is 16.2. The molecule has 0 radical (unpaired) electrons. The number of hydrogen-bond acceptors (Lipinski definition) is 6. The first-order chi connectivity index (χ1) is 14.6. The molecule has 0 atom stereocenters. The highest BCUT2D eigenvalue weighted by atomic mass is 16.5. The second-order valence-electron chi connectivity index (χ2n) is 8.91. The van der Waals surface area contributed by atoms with E-state index in [4.69, 9.17) is 14.7 Å². The zero-order chi connectivity index (χ0) is 20.3. The SMILES string of the molecule is CNC1(c2ccc3c(c2)N(c2ncc(-c4cc(C)ccn4)cn2)CC32COC2)CC1. The van der Waals surface area contributed by atoms with Crippen LogP contribution in [0.5, 0.6) is 0 Å². The van der Waals surface area contributed by atoms with Gasteiger partial charge in [0.15, 0.2) is 0 Å². The van der Waals surface area contributed by atoms with E-state index in [1.807, 2.05) is 24.7 Å². The molecule has 6 rings (SSSR count). The fourth-order valence-electron chi connectivity index (χ4n) is 4.84. The number of rotatable bonds is 4. The number of aromatic nitrogens is 3. The zero-order valence-corrected chi connectivity index (χ0v) is 17.4. The summed E-state index contributed by atoms with van der Waals surface area (Å²) in [6.07, 6.45) is 7.96. The van der Waals surface area contributed by atoms with Crippen LogP contribution in [0.3, 0.4) is 0 Å². The fraction of sp³-hybridized carbons (Fsp3) is 0.375. The van der Waals surface area contributed by atoms with Crippen molar-refractivity contribution >= 4 is 11.6 Å². The fourth-order valence-corrected chi connectivity index (χ4v) is 4.84. The first-order valence-corrected chi connectivity index (χ1v) is 10.6. The summed E-state index contributed by atoms with van der Waals surface area (Å²) in [6.45, 7) is 4.45. The van der Waals surface area contributed by atoms with Crippen molar-refractivity contribution in [2.45, 2.75) is 30.7 Å². The minimum atomic E-state index is 0.0599. The largest absolute Gasteiger partial charge is 0.379 e. The Hall–Kier alpha value is -2.83. The van der Waals surface area contributed by atoms with Crippen LogP contribution < -0.4 is 10.2 Å². The van der Waals surface area contributed by atoms with Gasteiger partial charge in [0, 0.05) is 41.9 Å². The Morgan fingerprint density at radius 1 is 1.03 bits per heavy atom. The molecule has 1 aliphatic carbocycles. The number of hydrogen-bond donors (Lipinski definition) is 1. The summed E-state index contributed by atoms with van der Waals surface area (Å²) < 4.78 is 5.63. The van der Waals surface area contributed by atoms with Crippen LogP contribution in [0.1, 0.15) is 29.5 Å². The number of benzene rings is 1. The molecule has 1 spiro atoms. The van der Waals surface area contributed by atoms with E-state index >= 15 is 0 Å². The molecule has 1 saturated heterocycles. The molecular formula is C24H25N5O. The number of anilines is 2. The number of fused-ring (bicyclic) bond motifs is 2. The standard InChI is InChI=1S/C24H25N5O/c1-16-5-8-26-20(9-16)17-11-27-22(28-12-17)29-13-23(14-30-15-23)19-4-3-18(10-21(19)29)24(25-2)6-7-24/h3-5,8-12,25H,6-7,13-15H2,1-2H3. The summed E-state index contributed by atoms with van der Waals surface area (Å²) in [5.41, 5.74) is 7.14. The lowest BCUT2D eigenvalue weighted by atomic mass is 9.80. The minimum Gasteiger partial charge on any atom is -0.379 e. The number of nitrogens with one attached hydrogen (secondary N) is 1. The Bertz CT molecular complexity index is 1120. The Balaban J connectivity index is 1.38. The molecule has 1 aromatic carbocycles. The molecule has 1 N–H and O–H groups in total. The first kappa shape index (κ1) is 18.0. The van der Waals surface area contributed by atoms with Crippen LogP contribution in [0.4, 0.5) is 11.6 Å². The highest BCUT2D eigenvalue weighted by Gasteiger charge is 2.51. The maximum absolute atomic E-state index is 5.63. The third-order valence-electron chi connectivity index (χ3n) is 6.95. The summed E-state index contributed by atoms with van der Waals surface area (Å²) in [5.74, 6) is 0.739. The third kappa shape index (κ3) is 2.60. The Kier molecular flexibility index (Phi) is 3.80. The van der Waals surface area contributed by atoms with Gasteiger partial charge in [-0.15, -0.1) is 0 Å². The van der Waals surface area contributed by atoms with E-state index in [0.29, 0.717) is 0 Å². The molecule has 2 fully saturated rings. The van der Waals surface area contributed by atoms with Crippen molar-refractivity contribution in [2.24, 2.45) is 0 Å². The minimum absolute atomic E-state index is 0.0599. The average molecular weight is 399 g/mol. The van der Waals surface area contributed by atoms with Gasteiger partial charge >= 0.3 is 0 Å². The van der Waals surface area contributed by atoms with Gasteiger partial charge in [0.2, 0.25) is 5.95 Å². The van der Waals surface area contributed by atoms with Crippen LogP contribution in [0.15, 0.2) is 48.9 Å². The van der Waals surface area contributed by atoms with Crippen molar-refractivity contribution in [2.75, 3.05) is 31.7 Å². The second kappa shape index (κ2) is 6.33. The van der Waals surface area contributed by atoms with Crippen molar-refractivity contribution in [3.8, 4) is 11.3 Å². The Morgan fingerprint density at radius 2 is 1.83 bits per heavy atom. The van der Waals surface area contributed by atoms with Crippen molar-refractivity contribution in [3.63, 3.8) is 0 Å². The molecule has 3 aliphatic rings. The van der Waals surface area contributed by atoms with Crippen molar-refractivity contribution in [1.82, 2.24) is 20.3 Å². The lowest BCUT2D eigenvalue weighted by molar-refractivity contribution is -0.0507. The summed E-state index contributed by atoms with van der Waals surface area (Å²) >= 11 is 0. The number of pyridine rings is 1. The number of aryl methyl sites for hydroxylation is 1. The lowest BCUT2D eigenvalue weighted by Crippen LogP contribution is -2.49. The van der Waals surface area contributed by atoms with Crippen LogP contribution in [0, 0.1) is 6.92 Å². The van der Waals surface area contributed by atoms with Gasteiger partial charge < -0.3 is 15.0 Å². The van der Waals surface area contributed by atoms with E-state index in [2.05, 4.69) is 53.4 Å². The van der Waals surface area contributed by atoms with E-state index in [1.54, 1.807) is 0 Å². The van der Waals surface area contributed by atoms with Crippen LogP contribution in [0.2, 0.25) is 0 Å². The van der Waals surface area contributed by atoms with Gasteiger partial charge in [-0.3, -0.25) is 4.98 Å². The normalized spacial score (nSPS) is 20.1. The van der Waals surface area contributed by atoms with Gasteiger partial charge in [0.1, 0.15) is 0 Å². The molecule has 0 unspecified atom stereocenters. The molecule has 2 aliphatic heterocycles. The maximum Gasteiger partial charge on any atom is 0.229 e. The maximum atomic E-state index is 5.63. The molecular weight excluding hydrogens is 374 g/mol. The first-order valence-electron chi connectivity index (χ1n) is 10.6. The second-order valence-corrected chi connectivity index (χ2v) is 8.91. The van der Waals surface area contributed by atoms with Crippen LogP contribution in [-0.2, 0) is 15.7 Å². The molecule has 1 saturated carbocycles. The topological polar surface area (TPSA) is 63.2 Å². The molecule has 0 amide bonds. The van der Waals surface area contributed by atoms with E-state index in [-0.39, 0.29) is 11.0 Å². The van der Waals surface area contributed by atoms with E-state index < -0.39 is 0 Å². The average Bonchev–Trinajstić information content (AvgIpc) is 3.48. The highest BCUT2D eigenvalue weighted by molar-refractivity contribution is 5.72.